The average molecular weight is 299 g/mol. The summed E-state index contributed by atoms with van der Waals surface area (Å²) >= 11 is 0. The summed E-state index contributed by atoms with van der Waals surface area (Å²) in [7, 11) is -3.02. The second kappa shape index (κ2) is 3.99. The number of sulfone groups is 1. The monoisotopic (exact) mass is 299 g/mol. The van der Waals surface area contributed by atoms with Gasteiger partial charge in [-0.3, -0.25) is 0 Å². The van der Waals surface area contributed by atoms with E-state index in [0.29, 0.717) is 30.7 Å². The molecule has 4 aliphatic rings. The van der Waals surface area contributed by atoms with Gasteiger partial charge in [-0.25, -0.2) is 8.42 Å². The molecule has 3 saturated carbocycles. The second-order valence-corrected chi connectivity index (χ2v) is 10.00. The Morgan fingerprint density at radius 1 is 1.25 bits per heavy atom. The smallest absolute Gasteiger partial charge is 0.151 e. The van der Waals surface area contributed by atoms with E-state index in [9.17, 15) is 13.5 Å². The zero-order chi connectivity index (χ0) is 14.2. The Kier molecular flexibility index (Phi) is 2.70. The molecule has 0 radical (unpaired) electrons. The number of nitrogens with two attached hydrogens (primary N) is 1. The lowest BCUT2D eigenvalue weighted by Gasteiger charge is -2.49. The van der Waals surface area contributed by atoms with Gasteiger partial charge in [0.2, 0.25) is 0 Å². The molecule has 114 valence electrons. The van der Waals surface area contributed by atoms with Crippen molar-refractivity contribution in [3.63, 3.8) is 0 Å². The van der Waals surface area contributed by atoms with Crippen LogP contribution < -0.4 is 5.73 Å². The second-order valence-electron chi connectivity index (χ2n) is 7.82. The molecule has 0 aromatic carbocycles. The summed E-state index contributed by atoms with van der Waals surface area (Å²) < 4.78 is 23.9. The lowest BCUT2D eigenvalue weighted by Crippen LogP contribution is -2.58. The summed E-state index contributed by atoms with van der Waals surface area (Å²) in [5.41, 5.74) is 4.61. The molecule has 3 aliphatic carbocycles. The highest BCUT2D eigenvalue weighted by molar-refractivity contribution is 7.91. The van der Waals surface area contributed by atoms with Crippen molar-refractivity contribution in [1.29, 1.82) is 0 Å². The van der Waals surface area contributed by atoms with E-state index in [1.807, 2.05) is 0 Å². The predicted molar refractivity (Wildman–Crippen MR) is 76.8 cm³/mol. The summed E-state index contributed by atoms with van der Waals surface area (Å²) in [5.74, 6) is 2.66. The summed E-state index contributed by atoms with van der Waals surface area (Å²) in [6, 6.07) is 0. The van der Waals surface area contributed by atoms with Crippen LogP contribution in [0.25, 0.3) is 0 Å². The molecule has 6 unspecified atom stereocenters. The van der Waals surface area contributed by atoms with Crippen LogP contribution in [0.3, 0.4) is 0 Å². The molecule has 4 nitrogen and oxygen atoms in total. The largest absolute Gasteiger partial charge is 0.389 e. The van der Waals surface area contributed by atoms with E-state index in [1.165, 1.54) is 19.3 Å². The number of rotatable bonds is 2. The molecule has 1 heterocycles. The fraction of sp³-hybridized carbons (Fsp3) is 1.00. The first-order valence-corrected chi connectivity index (χ1v) is 9.86. The fourth-order valence-electron chi connectivity index (χ4n) is 6.32. The van der Waals surface area contributed by atoms with Crippen molar-refractivity contribution in [2.24, 2.45) is 34.8 Å². The van der Waals surface area contributed by atoms with Crippen molar-refractivity contribution < 1.29 is 13.5 Å². The van der Waals surface area contributed by atoms with Crippen molar-refractivity contribution in [1.82, 2.24) is 0 Å². The van der Waals surface area contributed by atoms with Crippen LogP contribution in [0.15, 0.2) is 0 Å². The molecule has 1 saturated heterocycles. The van der Waals surface area contributed by atoms with Crippen molar-refractivity contribution in [3.05, 3.63) is 0 Å². The van der Waals surface area contributed by atoms with Crippen LogP contribution >= 0.6 is 0 Å². The highest BCUT2D eigenvalue weighted by Gasteiger charge is 2.68. The van der Waals surface area contributed by atoms with Crippen LogP contribution in [-0.2, 0) is 9.84 Å². The van der Waals surface area contributed by atoms with E-state index in [0.717, 1.165) is 18.8 Å². The van der Waals surface area contributed by atoms with Crippen LogP contribution in [0.5, 0.6) is 0 Å². The quantitative estimate of drug-likeness (QED) is 0.795. The number of hydrogen-bond acceptors (Lipinski definition) is 4. The van der Waals surface area contributed by atoms with E-state index in [1.54, 1.807) is 0 Å². The zero-order valence-corrected chi connectivity index (χ0v) is 12.7. The maximum Gasteiger partial charge on any atom is 0.151 e. The Morgan fingerprint density at radius 3 is 2.65 bits per heavy atom. The van der Waals surface area contributed by atoms with Crippen molar-refractivity contribution in [3.8, 4) is 0 Å². The molecule has 6 atom stereocenters. The lowest BCUT2D eigenvalue weighted by molar-refractivity contribution is -0.129. The first kappa shape index (κ1) is 13.5. The molecule has 0 aromatic rings. The van der Waals surface area contributed by atoms with Crippen molar-refractivity contribution in [2.45, 2.75) is 44.1 Å². The third kappa shape index (κ3) is 1.52. The molecule has 0 spiro atoms. The van der Waals surface area contributed by atoms with Crippen LogP contribution in [-0.4, -0.2) is 37.2 Å². The molecule has 0 amide bonds. The van der Waals surface area contributed by atoms with Crippen molar-refractivity contribution >= 4 is 9.84 Å². The van der Waals surface area contributed by atoms with E-state index in [2.05, 4.69) is 0 Å². The standard InChI is InChI=1S/C15H25NO3S/c16-8-14(4-5-20(18,19)9-14)15(17)7-10-6-13(15)12-3-1-2-11(10)12/h10-13,17H,1-9,16H2. The molecule has 1 aliphatic heterocycles. The van der Waals surface area contributed by atoms with Crippen LogP contribution in [0.1, 0.15) is 38.5 Å². The molecule has 4 fully saturated rings. The van der Waals surface area contributed by atoms with Gasteiger partial charge in [-0.2, -0.15) is 0 Å². The minimum Gasteiger partial charge on any atom is -0.389 e. The Hall–Kier alpha value is -0.130. The van der Waals surface area contributed by atoms with Gasteiger partial charge in [0.05, 0.1) is 17.1 Å². The molecule has 5 heteroatoms. The first-order chi connectivity index (χ1) is 9.41. The van der Waals surface area contributed by atoms with Crippen LogP contribution in [0.4, 0.5) is 0 Å². The highest BCUT2D eigenvalue weighted by Crippen LogP contribution is 2.67. The summed E-state index contributed by atoms with van der Waals surface area (Å²) in [5, 5.41) is 11.5. The molecule has 3 N–H and O–H groups in total. The number of hydrogen-bond donors (Lipinski definition) is 2. The molecule has 4 rings (SSSR count). The van der Waals surface area contributed by atoms with Gasteiger partial charge in [0.25, 0.3) is 0 Å². The average Bonchev–Trinajstić information content (AvgIpc) is 3.08. The van der Waals surface area contributed by atoms with E-state index < -0.39 is 20.9 Å². The van der Waals surface area contributed by atoms with Gasteiger partial charge >= 0.3 is 0 Å². The normalized spacial score (nSPS) is 56.3. The minimum atomic E-state index is -3.02. The Morgan fingerprint density at radius 2 is 2.00 bits per heavy atom. The van der Waals surface area contributed by atoms with Gasteiger partial charge < -0.3 is 10.8 Å². The van der Waals surface area contributed by atoms with Gasteiger partial charge in [-0.05, 0) is 55.8 Å². The van der Waals surface area contributed by atoms with Crippen molar-refractivity contribution in [2.75, 3.05) is 18.1 Å². The molecular formula is C15H25NO3S. The fourth-order valence-corrected chi connectivity index (χ4v) is 8.52. The zero-order valence-electron chi connectivity index (χ0n) is 11.9. The van der Waals surface area contributed by atoms with E-state index in [-0.39, 0.29) is 11.5 Å². The van der Waals surface area contributed by atoms with Gasteiger partial charge in [-0.1, -0.05) is 6.42 Å². The molecule has 2 bridgehead atoms. The van der Waals surface area contributed by atoms with Gasteiger partial charge in [0.1, 0.15) is 0 Å². The topological polar surface area (TPSA) is 80.4 Å². The molecule has 0 aromatic heterocycles. The maximum atomic E-state index is 12.0. The van der Waals surface area contributed by atoms with Gasteiger partial charge in [0, 0.05) is 12.0 Å². The lowest BCUT2D eigenvalue weighted by atomic mass is 9.60. The van der Waals surface area contributed by atoms with E-state index >= 15 is 0 Å². The first-order valence-electron chi connectivity index (χ1n) is 8.04. The van der Waals surface area contributed by atoms with Gasteiger partial charge in [-0.15, -0.1) is 0 Å². The molecular weight excluding hydrogens is 274 g/mol. The highest BCUT2D eigenvalue weighted by atomic mass is 32.2. The Balaban J connectivity index is 1.71. The summed E-state index contributed by atoms with van der Waals surface area (Å²) in [6.45, 7) is 0.309. The third-order valence-electron chi connectivity index (χ3n) is 7.19. The van der Waals surface area contributed by atoms with Crippen LogP contribution in [0, 0.1) is 29.1 Å². The molecule has 20 heavy (non-hydrogen) atoms. The summed E-state index contributed by atoms with van der Waals surface area (Å²) in [4.78, 5) is 0. The van der Waals surface area contributed by atoms with Crippen LogP contribution in [0.2, 0.25) is 0 Å². The minimum absolute atomic E-state index is 0.105. The SMILES string of the molecule is NCC1(C2(O)CC3CC2C2CCCC32)CCS(=O)(=O)C1. The Bertz CT molecular complexity index is 533. The van der Waals surface area contributed by atoms with Gasteiger partial charge in [0.15, 0.2) is 9.84 Å². The number of fused-ring (bicyclic) bond motifs is 5. The Labute approximate surface area is 121 Å². The predicted octanol–water partition coefficient (Wildman–Crippen LogP) is 0.937. The number of aliphatic hydroxyl groups is 1. The maximum absolute atomic E-state index is 12.0. The van der Waals surface area contributed by atoms with E-state index in [4.69, 9.17) is 5.73 Å². The summed E-state index contributed by atoms with van der Waals surface area (Å²) in [6.07, 6.45) is 6.28. The third-order valence-corrected chi connectivity index (χ3v) is 9.01.